The van der Waals surface area contributed by atoms with E-state index in [-0.39, 0.29) is 0 Å². The van der Waals surface area contributed by atoms with Gasteiger partial charge in [0.25, 0.3) is 0 Å². The zero-order valence-electron chi connectivity index (χ0n) is 7.73. The van der Waals surface area contributed by atoms with E-state index in [0.29, 0.717) is 0 Å². The molecule has 0 aliphatic rings. The molecule has 0 spiro atoms. The summed E-state index contributed by atoms with van der Waals surface area (Å²) in [5.74, 6) is -2.04. The van der Waals surface area contributed by atoms with Crippen LogP contribution in [0.15, 0.2) is 0 Å². The molecule has 0 atom stereocenters. The average molecular weight is 267 g/mol. The van der Waals surface area contributed by atoms with Crippen molar-refractivity contribution >= 4 is 34.9 Å². The van der Waals surface area contributed by atoms with Gasteiger partial charge in [-0.1, -0.05) is 23.2 Å². The SMILES string of the molecule is COc1c(C(=O)O)nc(Cl)c(Cl)c1[N+](=O)[O-]. The second-order valence-electron chi connectivity index (χ2n) is 2.51. The molecule has 86 valence electrons. The number of hydrogen-bond acceptors (Lipinski definition) is 5. The Bertz CT molecular complexity index is 476. The maximum atomic E-state index is 10.8. The third-order valence-corrected chi connectivity index (χ3v) is 2.35. The molecule has 0 radical (unpaired) electrons. The van der Waals surface area contributed by atoms with Crippen molar-refractivity contribution < 1.29 is 19.6 Å². The molecule has 1 N–H and O–H groups in total. The summed E-state index contributed by atoms with van der Waals surface area (Å²) >= 11 is 11.0. The largest absolute Gasteiger partial charge is 0.488 e. The molecule has 0 aromatic carbocycles. The number of nitrogens with zero attached hydrogens (tertiary/aromatic N) is 2. The minimum absolute atomic E-state index is 0.464. The van der Waals surface area contributed by atoms with Gasteiger partial charge >= 0.3 is 11.7 Å². The summed E-state index contributed by atoms with van der Waals surface area (Å²) in [6.45, 7) is 0. The highest BCUT2D eigenvalue weighted by atomic mass is 35.5. The molecular weight excluding hydrogens is 263 g/mol. The van der Waals surface area contributed by atoms with Crippen LogP contribution in [0.3, 0.4) is 0 Å². The third kappa shape index (κ3) is 2.00. The number of nitro groups is 1. The van der Waals surface area contributed by atoms with Gasteiger partial charge in [0.1, 0.15) is 0 Å². The highest BCUT2D eigenvalue weighted by Gasteiger charge is 2.30. The van der Waals surface area contributed by atoms with E-state index in [1.165, 1.54) is 0 Å². The van der Waals surface area contributed by atoms with Crippen LogP contribution >= 0.6 is 23.2 Å². The van der Waals surface area contributed by atoms with E-state index in [2.05, 4.69) is 9.72 Å². The second-order valence-corrected chi connectivity index (χ2v) is 3.25. The van der Waals surface area contributed by atoms with Crippen LogP contribution in [0, 0.1) is 10.1 Å². The average Bonchev–Trinajstić information content (AvgIpc) is 2.20. The molecule has 0 saturated carbocycles. The Morgan fingerprint density at radius 1 is 1.56 bits per heavy atom. The molecule has 1 aromatic rings. The molecule has 7 nitrogen and oxygen atoms in total. The number of rotatable bonds is 3. The maximum Gasteiger partial charge on any atom is 0.358 e. The molecule has 0 unspecified atom stereocenters. The number of halogens is 2. The number of pyridine rings is 1. The molecule has 0 amide bonds. The van der Waals surface area contributed by atoms with Gasteiger partial charge in [0.15, 0.2) is 15.9 Å². The minimum atomic E-state index is -1.50. The van der Waals surface area contributed by atoms with Crippen molar-refractivity contribution in [3.05, 3.63) is 26.0 Å². The van der Waals surface area contributed by atoms with Crippen molar-refractivity contribution in [2.24, 2.45) is 0 Å². The first-order valence-corrected chi connectivity index (χ1v) is 4.46. The normalized spacial score (nSPS) is 9.94. The van der Waals surface area contributed by atoms with Crippen LogP contribution < -0.4 is 4.74 Å². The predicted octanol–water partition coefficient (Wildman–Crippen LogP) is 2.00. The molecule has 0 aliphatic carbocycles. The van der Waals surface area contributed by atoms with E-state index >= 15 is 0 Å². The molecule has 16 heavy (non-hydrogen) atoms. The molecule has 1 aromatic heterocycles. The summed E-state index contributed by atoms with van der Waals surface area (Å²) in [6, 6.07) is 0. The lowest BCUT2D eigenvalue weighted by molar-refractivity contribution is -0.385. The number of aromatic carboxylic acids is 1. The molecule has 0 bridgehead atoms. The lowest BCUT2D eigenvalue weighted by Gasteiger charge is -2.06. The third-order valence-electron chi connectivity index (χ3n) is 1.62. The zero-order valence-corrected chi connectivity index (χ0v) is 9.24. The summed E-state index contributed by atoms with van der Waals surface area (Å²) in [4.78, 5) is 23.9. The quantitative estimate of drug-likeness (QED) is 0.510. The fourth-order valence-electron chi connectivity index (χ4n) is 1.01. The number of ether oxygens (including phenoxy) is 1. The Morgan fingerprint density at radius 3 is 2.50 bits per heavy atom. The topological polar surface area (TPSA) is 103 Å². The summed E-state index contributed by atoms with van der Waals surface area (Å²) in [5, 5.41) is 18.5. The van der Waals surface area contributed by atoms with Gasteiger partial charge in [-0.2, -0.15) is 0 Å². The molecule has 0 saturated heterocycles. The molecule has 9 heteroatoms. The van der Waals surface area contributed by atoms with Gasteiger partial charge in [-0.25, -0.2) is 9.78 Å². The number of methoxy groups -OCH3 is 1. The number of carboxylic acids is 1. The van der Waals surface area contributed by atoms with Crippen LogP contribution in [0.4, 0.5) is 5.69 Å². The van der Waals surface area contributed by atoms with Crippen molar-refractivity contribution in [3.8, 4) is 5.75 Å². The molecule has 0 fully saturated rings. The van der Waals surface area contributed by atoms with Crippen LogP contribution in [0.5, 0.6) is 5.75 Å². The van der Waals surface area contributed by atoms with E-state index in [1.54, 1.807) is 0 Å². The van der Waals surface area contributed by atoms with E-state index in [4.69, 9.17) is 28.3 Å². The van der Waals surface area contributed by atoms with Gasteiger partial charge in [0.2, 0.25) is 5.75 Å². The van der Waals surface area contributed by atoms with E-state index in [0.717, 1.165) is 7.11 Å². The van der Waals surface area contributed by atoms with Crippen LogP contribution in [-0.4, -0.2) is 28.1 Å². The lowest BCUT2D eigenvalue weighted by Crippen LogP contribution is -2.07. The molecule has 1 heterocycles. The van der Waals surface area contributed by atoms with Gasteiger partial charge in [0, 0.05) is 0 Å². The first-order valence-electron chi connectivity index (χ1n) is 3.70. The van der Waals surface area contributed by atoms with Crippen LogP contribution in [0.2, 0.25) is 10.2 Å². The van der Waals surface area contributed by atoms with Crippen molar-refractivity contribution in [1.29, 1.82) is 0 Å². The Hall–Kier alpha value is -1.60. The highest BCUT2D eigenvalue weighted by Crippen LogP contribution is 2.40. The maximum absolute atomic E-state index is 10.8. The molecular formula is C7H4Cl2N2O5. The predicted molar refractivity (Wildman–Crippen MR) is 54.4 cm³/mol. The van der Waals surface area contributed by atoms with Gasteiger partial charge in [-0.05, 0) is 0 Å². The number of hydrogen-bond donors (Lipinski definition) is 1. The van der Waals surface area contributed by atoms with E-state index in [9.17, 15) is 14.9 Å². The standard InChI is InChI=1S/C7H4Cl2N2O5/c1-16-5-3(7(12)13)10-6(9)2(8)4(5)11(14)15/h1H3,(H,12,13). The van der Waals surface area contributed by atoms with Gasteiger partial charge in [-0.3, -0.25) is 10.1 Å². The summed E-state index contributed by atoms with van der Waals surface area (Å²) in [7, 11) is 1.07. The van der Waals surface area contributed by atoms with Crippen molar-refractivity contribution in [2.45, 2.75) is 0 Å². The van der Waals surface area contributed by atoms with Crippen LogP contribution in [0.1, 0.15) is 10.5 Å². The minimum Gasteiger partial charge on any atom is -0.488 e. The van der Waals surface area contributed by atoms with Gasteiger partial charge in [-0.15, -0.1) is 0 Å². The van der Waals surface area contributed by atoms with Crippen molar-refractivity contribution in [1.82, 2.24) is 4.98 Å². The smallest absolute Gasteiger partial charge is 0.358 e. The Balaban J connectivity index is 3.68. The number of carbonyl (C=O) groups is 1. The monoisotopic (exact) mass is 266 g/mol. The number of aromatic nitrogens is 1. The summed E-state index contributed by atoms with van der Waals surface area (Å²) < 4.78 is 4.61. The van der Waals surface area contributed by atoms with E-state index in [1.807, 2.05) is 0 Å². The number of carboxylic acid groups (broad SMARTS) is 1. The molecule has 0 aliphatic heterocycles. The summed E-state index contributed by atoms with van der Waals surface area (Å²) in [6.07, 6.45) is 0. The zero-order chi connectivity index (χ0) is 12.5. The van der Waals surface area contributed by atoms with Gasteiger partial charge in [0.05, 0.1) is 12.0 Å². The van der Waals surface area contributed by atoms with Crippen molar-refractivity contribution in [2.75, 3.05) is 7.11 Å². The van der Waals surface area contributed by atoms with Crippen LogP contribution in [0.25, 0.3) is 0 Å². The fraction of sp³-hybridized carbons (Fsp3) is 0.143. The Morgan fingerprint density at radius 2 is 2.12 bits per heavy atom. The molecule has 1 rings (SSSR count). The lowest BCUT2D eigenvalue weighted by atomic mass is 10.3. The Kier molecular flexibility index (Phi) is 3.51. The first kappa shape index (κ1) is 12.5. The summed E-state index contributed by atoms with van der Waals surface area (Å²) in [5.41, 5.74) is -1.38. The second kappa shape index (κ2) is 4.50. The Labute approximate surface area is 98.7 Å². The first-order chi connectivity index (χ1) is 7.40. The van der Waals surface area contributed by atoms with Gasteiger partial charge < -0.3 is 9.84 Å². The fourth-order valence-corrected chi connectivity index (χ4v) is 1.38. The van der Waals surface area contributed by atoms with E-state index < -0.39 is 38.2 Å². The highest BCUT2D eigenvalue weighted by molar-refractivity contribution is 6.43. The van der Waals surface area contributed by atoms with Crippen molar-refractivity contribution in [3.63, 3.8) is 0 Å². The van der Waals surface area contributed by atoms with Crippen LogP contribution in [-0.2, 0) is 0 Å².